The van der Waals surface area contributed by atoms with Gasteiger partial charge < -0.3 is 10.6 Å². The van der Waals surface area contributed by atoms with Gasteiger partial charge in [-0.15, -0.1) is 0 Å². The van der Waals surface area contributed by atoms with Crippen molar-refractivity contribution in [1.82, 2.24) is 19.9 Å². The average Bonchev–Trinajstić information content (AvgIpc) is 3.26. The number of para-hydroxylation sites is 1. The Labute approximate surface area is 207 Å². The third-order valence-corrected chi connectivity index (χ3v) is 7.71. The van der Waals surface area contributed by atoms with Gasteiger partial charge in [0.1, 0.15) is 0 Å². The Bertz CT molecular complexity index is 1280. The summed E-state index contributed by atoms with van der Waals surface area (Å²) in [5.74, 6) is 0. The van der Waals surface area contributed by atoms with Crippen LogP contribution in [0.2, 0.25) is 0 Å². The lowest BCUT2D eigenvalue weighted by Gasteiger charge is -2.17. The van der Waals surface area contributed by atoms with Crippen LogP contribution in [0.5, 0.6) is 0 Å². The fourth-order valence-corrected chi connectivity index (χ4v) is 5.71. The molecule has 0 bridgehead atoms. The van der Waals surface area contributed by atoms with Gasteiger partial charge in [0.25, 0.3) is 0 Å². The quantitative estimate of drug-likeness (QED) is 0.420. The van der Waals surface area contributed by atoms with Crippen LogP contribution in [-0.4, -0.2) is 56.6 Å². The van der Waals surface area contributed by atoms with Crippen LogP contribution in [0.1, 0.15) is 31.0 Å². The number of anilines is 1. The fourth-order valence-electron chi connectivity index (χ4n) is 4.45. The number of hydrogen-bond acceptors (Lipinski definition) is 5. The molecule has 1 aliphatic rings. The molecular weight excluding hydrogens is 462 g/mol. The molecule has 0 spiro atoms. The normalized spacial score (nSPS) is 16.5. The van der Waals surface area contributed by atoms with Crippen LogP contribution >= 0.6 is 0 Å². The Morgan fingerprint density at radius 1 is 1.14 bits per heavy atom. The van der Waals surface area contributed by atoms with Gasteiger partial charge in [0, 0.05) is 36.8 Å². The highest BCUT2D eigenvalue weighted by Crippen LogP contribution is 2.22. The van der Waals surface area contributed by atoms with E-state index in [1.54, 1.807) is 12.1 Å². The lowest BCUT2D eigenvalue weighted by molar-refractivity contribution is 0.249. The summed E-state index contributed by atoms with van der Waals surface area (Å²) >= 11 is 0. The number of benzene rings is 2. The highest BCUT2D eigenvalue weighted by Gasteiger charge is 2.27. The molecule has 2 heterocycles. The molecule has 1 aromatic heterocycles. The monoisotopic (exact) mass is 495 g/mol. The standard InChI is InChI=1S/C26H33N5O3S/c1-3-6-20-9-11-22(12-10-20)35(33,34)30-21-13-15-31(18-21)16-14-27-26(32)29-25-17-19(2)28-24-8-5-4-7-23(24)25/h4-5,7-12,17,21,30H,3,6,13-16,18H2,1-2H3,(H2,27,28,29,32). The summed E-state index contributed by atoms with van der Waals surface area (Å²) in [7, 11) is -3.55. The van der Waals surface area contributed by atoms with E-state index in [1.165, 1.54) is 0 Å². The molecule has 0 saturated carbocycles. The van der Waals surface area contributed by atoms with E-state index < -0.39 is 10.0 Å². The molecule has 0 aliphatic carbocycles. The number of pyridine rings is 1. The summed E-state index contributed by atoms with van der Waals surface area (Å²) in [6.45, 7) is 6.50. The molecule has 2 aromatic carbocycles. The van der Waals surface area contributed by atoms with Crippen LogP contribution in [0.15, 0.2) is 59.5 Å². The predicted octanol–water partition coefficient (Wildman–Crippen LogP) is 3.67. The fraction of sp³-hybridized carbons (Fsp3) is 0.385. The molecule has 1 saturated heterocycles. The van der Waals surface area contributed by atoms with Crippen molar-refractivity contribution in [1.29, 1.82) is 0 Å². The zero-order chi connectivity index (χ0) is 24.8. The Balaban J connectivity index is 1.24. The lowest BCUT2D eigenvalue weighted by Crippen LogP contribution is -2.39. The molecular formula is C26H33N5O3S. The number of amides is 2. The third kappa shape index (κ3) is 6.56. The second-order valence-electron chi connectivity index (χ2n) is 9.01. The van der Waals surface area contributed by atoms with Gasteiger partial charge in [0.05, 0.1) is 16.1 Å². The predicted molar refractivity (Wildman–Crippen MR) is 139 cm³/mol. The maximum absolute atomic E-state index is 12.8. The molecule has 0 radical (unpaired) electrons. The molecule has 186 valence electrons. The smallest absolute Gasteiger partial charge is 0.319 e. The number of nitrogens with one attached hydrogen (secondary N) is 3. The molecule has 1 atom stereocenters. The summed E-state index contributed by atoms with van der Waals surface area (Å²) in [5.41, 5.74) is 3.54. The molecule has 35 heavy (non-hydrogen) atoms. The van der Waals surface area contributed by atoms with Crippen LogP contribution in [0.4, 0.5) is 10.5 Å². The van der Waals surface area contributed by atoms with E-state index in [9.17, 15) is 13.2 Å². The molecule has 8 nitrogen and oxygen atoms in total. The first-order chi connectivity index (χ1) is 16.8. The van der Waals surface area contributed by atoms with Gasteiger partial charge >= 0.3 is 6.03 Å². The number of nitrogens with zero attached hydrogens (tertiary/aromatic N) is 2. The molecule has 1 aliphatic heterocycles. The topological polar surface area (TPSA) is 103 Å². The van der Waals surface area contributed by atoms with Crippen LogP contribution in [-0.2, 0) is 16.4 Å². The van der Waals surface area contributed by atoms with Gasteiger partial charge in [-0.1, -0.05) is 43.7 Å². The van der Waals surface area contributed by atoms with Crippen LogP contribution in [0.3, 0.4) is 0 Å². The first-order valence-electron chi connectivity index (χ1n) is 12.1. The molecule has 3 N–H and O–H groups in total. The van der Waals surface area contributed by atoms with E-state index in [1.807, 2.05) is 49.4 Å². The zero-order valence-electron chi connectivity index (χ0n) is 20.3. The number of hydrogen-bond donors (Lipinski definition) is 3. The minimum Gasteiger partial charge on any atom is -0.337 e. The average molecular weight is 496 g/mol. The summed E-state index contributed by atoms with van der Waals surface area (Å²) in [4.78, 5) is 19.4. The molecule has 9 heteroatoms. The lowest BCUT2D eigenvalue weighted by atomic mass is 10.1. The van der Waals surface area contributed by atoms with Crippen LogP contribution in [0, 0.1) is 6.92 Å². The highest BCUT2D eigenvalue weighted by molar-refractivity contribution is 7.89. The number of carbonyl (C=O) groups excluding carboxylic acids is 1. The zero-order valence-corrected chi connectivity index (χ0v) is 21.1. The van der Waals surface area contributed by atoms with Crippen molar-refractivity contribution in [3.8, 4) is 0 Å². The molecule has 1 unspecified atom stereocenters. The van der Waals surface area contributed by atoms with Gasteiger partial charge in [-0.25, -0.2) is 17.9 Å². The first kappa shape index (κ1) is 25.1. The number of carbonyl (C=O) groups is 1. The number of fused-ring (bicyclic) bond motifs is 1. The number of aromatic nitrogens is 1. The Kier molecular flexibility index (Phi) is 8.00. The Hall–Kier alpha value is -3.01. The minimum atomic E-state index is -3.55. The van der Waals surface area contributed by atoms with Gasteiger partial charge in [0.15, 0.2) is 0 Å². The SMILES string of the molecule is CCCc1ccc(S(=O)(=O)NC2CCN(CCNC(=O)Nc3cc(C)nc4ccccc34)C2)cc1. The van der Waals surface area contributed by atoms with E-state index in [0.717, 1.165) is 53.7 Å². The van der Waals surface area contributed by atoms with Crippen molar-refractivity contribution in [2.45, 2.75) is 44.0 Å². The second kappa shape index (κ2) is 11.2. The van der Waals surface area contributed by atoms with E-state index in [4.69, 9.17) is 0 Å². The number of likely N-dealkylation sites (tertiary alicyclic amines) is 1. The highest BCUT2D eigenvalue weighted by atomic mass is 32.2. The summed E-state index contributed by atoms with van der Waals surface area (Å²) < 4.78 is 28.3. The van der Waals surface area contributed by atoms with Crippen LogP contribution < -0.4 is 15.4 Å². The molecule has 2 amide bonds. The van der Waals surface area contributed by atoms with Crippen molar-refractivity contribution in [3.63, 3.8) is 0 Å². The van der Waals surface area contributed by atoms with E-state index in [-0.39, 0.29) is 12.1 Å². The maximum Gasteiger partial charge on any atom is 0.319 e. The molecule has 4 rings (SSSR count). The van der Waals surface area contributed by atoms with Crippen LogP contribution in [0.25, 0.3) is 10.9 Å². The van der Waals surface area contributed by atoms with Crippen molar-refractivity contribution in [3.05, 3.63) is 65.9 Å². The Morgan fingerprint density at radius 3 is 2.69 bits per heavy atom. The number of urea groups is 1. The molecule has 1 fully saturated rings. The number of sulfonamides is 1. The van der Waals surface area contributed by atoms with Gasteiger partial charge in [0.2, 0.25) is 10.0 Å². The minimum absolute atomic E-state index is 0.143. The maximum atomic E-state index is 12.8. The van der Waals surface area contributed by atoms with Crippen molar-refractivity contribution >= 4 is 32.6 Å². The summed E-state index contributed by atoms with van der Waals surface area (Å²) in [6, 6.07) is 16.2. The second-order valence-corrected chi connectivity index (χ2v) is 10.7. The summed E-state index contributed by atoms with van der Waals surface area (Å²) in [6.07, 6.45) is 2.71. The van der Waals surface area contributed by atoms with E-state index >= 15 is 0 Å². The molecule has 3 aromatic rings. The Morgan fingerprint density at radius 2 is 1.91 bits per heavy atom. The first-order valence-corrected chi connectivity index (χ1v) is 13.6. The van der Waals surface area contributed by atoms with Gasteiger partial charge in [-0.05, 0) is 56.1 Å². The number of aryl methyl sites for hydroxylation is 2. The number of rotatable bonds is 9. The summed E-state index contributed by atoms with van der Waals surface area (Å²) in [5, 5.41) is 6.71. The van der Waals surface area contributed by atoms with Gasteiger partial charge in [-0.3, -0.25) is 9.88 Å². The van der Waals surface area contributed by atoms with Crippen molar-refractivity contribution in [2.24, 2.45) is 0 Å². The van der Waals surface area contributed by atoms with Crippen molar-refractivity contribution in [2.75, 3.05) is 31.5 Å². The van der Waals surface area contributed by atoms with E-state index in [2.05, 4.69) is 32.2 Å². The third-order valence-electron chi connectivity index (χ3n) is 6.17. The van der Waals surface area contributed by atoms with E-state index in [0.29, 0.717) is 24.5 Å². The van der Waals surface area contributed by atoms with Crippen molar-refractivity contribution < 1.29 is 13.2 Å². The van der Waals surface area contributed by atoms with Gasteiger partial charge in [-0.2, -0.15) is 0 Å². The largest absolute Gasteiger partial charge is 0.337 e.